The first-order chi connectivity index (χ1) is 9.58. The highest BCUT2D eigenvalue weighted by atomic mass is 127. The van der Waals surface area contributed by atoms with E-state index in [0.29, 0.717) is 30.2 Å². The van der Waals surface area contributed by atoms with E-state index in [4.69, 9.17) is 16.3 Å². The molecule has 1 aliphatic heterocycles. The molecule has 0 spiro atoms. The monoisotopic (exact) mass is 404 g/mol. The van der Waals surface area contributed by atoms with Gasteiger partial charge in [0.25, 0.3) is 0 Å². The van der Waals surface area contributed by atoms with Crippen molar-refractivity contribution in [2.24, 2.45) is 0 Å². The molecule has 1 aromatic heterocycles. The molecule has 0 fully saturated rings. The van der Waals surface area contributed by atoms with Crippen LogP contribution < -0.4 is 0 Å². The molecule has 0 bridgehead atoms. The molecule has 0 amide bonds. The van der Waals surface area contributed by atoms with Crippen molar-refractivity contribution in [3.8, 4) is 5.69 Å². The Hall–Kier alpha value is -1.12. The van der Waals surface area contributed by atoms with E-state index in [1.807, 2.05) is 12.1 Å². The van der Waals surface area contributed by atoms with Crippen molar-refractivity contribution in [1.29, 1.82) is 0 Å². The second kappa shape index (κ2) is 5.34. The summed E-state index contributed by atoms with van der Waals surface area (Å²) in [5, 5.41) is 14.1. The molecule has 1 aromatic carbocycles. The van der Waals surface area contributed by atoms with Gasteiger partial charge in [0.2, 0.25) is 0 Å². The van der Waals surface area contributed by atoms with Gasteiger partial charge in [0.05, 0.1) is 24.6 Å². The Morgan fingerprint density at radius 2 is 2.30 bits per heavy atom. The molecule has 0 atom stereocenters. The maximum Gasteiger partial charge on any atom is 0.356 e. The Bertz CT molecular complexity index is 699. The predicted molar refractivity (Wildman–Crippen MR) is 81.6 cm³/mol. The summed E-state index contributed by atoms with van der Waals surface area (Å²) in [7, 11) is 0. The summed E-state index contributed by atoms with van der Waals surface area (Å²) in [5.74, 6) is -1.03. The zero-order valence-electron chi connectivity index (χ0n) is 10.3. The average molecular weight is 405 g/mol. The molecule has 3 rings (SSSR count). The zero-order chi connectivity index (χ0) is 14.3. The van der Waals surface area contributed by atoms with Crippen molar-refractivity contribution in [3.63, 3.8) is 0 Å². The van der Waals surface area contributed by atoms with E-state index in [1.54, 1.807) is 10.7 Å². The number of fused-ring (bicyclic) bond motifs is 1. The maximum atomic E-state index is 11.3. The molecule has 2 aromatic rings. The topological polar surface area (TPSA) is 64.3 Å². The average Bonchev–Trinajstić information content (AvgIpc) is 2.78. The molecule has 0 radical (unpaired) electrons. The normalized spacial score (nSPS) is 14.1. The van der Waals surface area contributed by atoms with E-state index < -0.39 is 5.97 Å². The minimum absolute atomic E-state index is 0.0606. The molecule has 5 nitrogen and oxygen atoms in total. The van der Waals surface area contributed by atoms with Gasteiger partial charge in [-0.1, -0.05) is 11.6 Å². The molecule has 7 heteroatoms. The predicted octanol–water partition coefficient (Wildman–Crippen LogP) is 2.90. The van der Waals surface area contributed by atoms with Gasteiger partial charge in [-0.05, 0) is 40.8 Å². The van der Waals surface area contributed by atoms with Crippen molar-refractivity contribution >= 4 is 40.2 Å². The van der Waals surface area contributed by atoms with Gasteiger partial charge in [0, 0.05) is 20.6 Å². The van der Waals surface area contributed by atoms with Crippen molar-refractivity contribution in [2.75, 3.05) is 6.61 Å². The van der Waals surface area contributed by atoms with Gasteiger partial charge in [-0.15, -0.1) is 0 Å². The summed E-state index contributed by atoms with van der Waals surface area (Å²) < 4.78 is 7.96. The summed E-state index contributed by atoms with van der Waals surface area (Å²) in [6.45, 7) is 0.864. The Labute approximate surface area is 133 Å². The number of aromatic nitrogens is 2. The molecule has 2 heterocycles. The Balaban J connectivity index is 2.21. The van der Waals surface area contributed by atoms with Crippen LogP contribution >= 0.6 is 34.2 Å². The Kier molecular flexibility index (Phi) is 3.70. The van der Waals surface area contributed by atoms with E-state index in [2.05, 4.69) is 27.7 Å². The number of hydrogen-bond donors (Lipinski definition) is 1. The smallest absolute Gasteiger partial charge is 0.356 e. The first kappa shape index (κ1) is 13.8. The second-order valence-corrected chi connectivity index (χ2v) is 5.99. The number of carbonyl (C=O) groups is 1. The largest absolute Gasteiger partial charge is 0.476 e. The number of carboxylic acid groups (broad SMARTS) is 1. The lowest BCUT2D eigenvalue weighted by Gasteiger charge is -2.15. The third kappa shape index (κ3) is 2.32. The van der Waals surface area contributed by atoms with Crippen LogP contribution in [0.3, 0.4) is 0 Å². The molecule has 1 aliphatic rings. The molecule has 1 N–H and O–H groups in total. The van der Waals surface area contributed by atoms with Crippen molar-refractivity contribution in [1.82, 2.24) is 9.78 Å². The van der Waals surface area contributed by atoms with Crippen LogP contribution in [0.2, 0.25) is 5.02 Å². The Morgan fingerprint density at radius 3 is 3.00 bits per heavy atom. The lowest BCUT2D eigenvalue weighted by molar-refractivity contribution is 0.0677. The van der Waals surface area contributed by atoms with E-state index in [9.17, 15) is 9.90 Å². The van der Waals surface area contributed by atoms with Crippen LogP contribution in [0.25, 0.3) is 5.69 Å². The number of rotatable bonds is 2. The molecule has 0 saturated carbocycles. The minimum Gasteiger partial charge on any atom is -0.476 e. The van der Waals surface area contributed by atoms with E-state index in [-0.39, 0.29) is 5.69 Å². The van der Waals surface area contributed by atoms with Crippen LogP contribution in [-0.4, -0.2) is 27.5 Å². The van der Waals surface area contributed by atoms with Crippen LogP contribution in [0.15, 0.2) is 18.2 Å². The van der Waals surface area contributed by atoms with E-state index in [0.717, 1.165) is 15.0 Å². The summed E-state index contributed by atoms with van der Waals surface area (Å²) in [4.78, 5) is 11.3. The van der Waals surface area contributed by atoms with E-state index >= 15 is 0 Å². The number of halogens is 2. The van der Waals surface area contributed by atoms with Gasteiger partial charge in [0.15, 0.2) is 5.69 Å². The second-order valence-electron chi connectivity index (χ2n) is 4.39. The number of carboxylic acids is 1. The standard InChI is InChI=1S/C13H10ClIN2O3/c14-7-1-2-11(9(15)5-7)17-10-3-4-20-6-8(10)12(16-17)13(18)19/h1-2,5H,3-4,6H2,(H,18,19). The summed E-state index contributed by atoms with van der Waals surface area (Å²) in [6.07, 6.45) is 0.647. The molecule has 0 aliphatic carbocycles. The third-order valence-corrected chi connectivity index (χ3v) is 4.26. The van der Waals surface area contributed by atoms with Gasteiger partial charge >= 0.3 is 5.97 Å². The summed E-state index contributed by atoms with van der Waals surface area (Å²) >= 11 is 8.12. The lowest BCUT2D eigenvalue weighted by atomic mass is 10.1. The molecule has 0 unspecified atom stereocenters. The van der Waals surface area contributed by atoms with E-state index in [1.165, 1.54) is 0 Å². The van der Waals surface area contributed by atoms with Gasteiger partial charge in [-0.3, -0.25) is 0 Å². The van der Waals surface area contributed by atoms with Gasteiger partial charge in [-0.2, -0.15) is 5.10 Å². The van der Waals surface area contributed by atoms with Crippen molar-refractivity contribution < 1.29 is 14.6 Å². The van der Waals surface area contributed by atoms with Crippen molar-refractivity contribution in [2.45, 2.75) is 13.0 Å². The highest BCUT2D eigenvalue weighted by molar-refractivity contribution is 14.1. The fraction of sp³-hybridized carbons (Fsp3) is 0.231. The lowest BCUT2D eigenvalue weighted by Crippen LogP contribution is -2.14. The number of aromatic carboxylic acids is 1. The number of hydrogen-bond acceptors (Lipinski definition) is 3. The van der Waals surface area contributed by atoms with Gasteiger partial charge < -0.3 is 9.84 Å². The van der Waals surface area contributed by atoms with Gasteiger partial charge in [-0.25, -0.2) is 9.48 Å². The fourth-order valence-corrected chi connectivity index (χ4v) is 3.36. The maximum absolute atomic E-state index is 11.3. The van der Waals surface area contributed by atoms with Crippen LogP contribution in [0.4, 0.5) is 0 Å². The highest BCUT2D eigenvalue weighted by Gasteiger charge is 2.26. The minimum atomic E-state index is -1.03. The number of benzene rings is 1. The zero-order valence-corrected chi connectivity index (χ0v) is 13.2. The molecular formula is C13H10ClIN2O3. The third-order valence-electron chi connectivity index (χ3n) is 3.16. The van der Waals surface area contributed by atoms with Crippen LogP contribution in [0, 0.1) is 3.57 Å². The van der Waals surface area contributed by atoms with Gasteiger partial charge in [0.1, 0.15) is 0 Å². The van der Waals surface area contributed by atoms with Crippen LogP contribution in [-0.2, 0) is 17.8 Å². The SMILES string of the molecule is O=C(O)c1nn(-c2ccc(Cl)cc2I)c2c1COCC2. The molecule has 0 saturated heterocycles. The summed E-state index contributed by atoms with van der Waals surface area (Å²) in [6, 6.07) is 5.44. The number of ether oxygens (including phenoxy) is 1. The number of nitrogens with zero attached hydrogens (tertiary/aromatic N) is 2. The first-order valence-electron chi connectivity index (χ1n) is 5.95. The fourth-order valence-electron chi connectivity index (χ4n) is 2.26. The molecule has 104 valence electrons. The van der Waals surface area contributed by atoms with Crippen LogP contribution in [0.1, 0.15) is 21.7 Å². The van der Waals surface area contributed by atoms with Crippen LogP contribution in [0.5, 0.6) is 0 Å². The Morgan fingerprint density at radius 1 is 1.50 bits per heavy atom. The van der Waals surface area contributed by atoms with Crippen molar-refractivity contribution in [3.05, 3.63) is 43.7 Å². The summed E-state index contributed by atoms with van der Waals surface area (Å²) in [5.41, 5.74) is 2.45. The molecule has 20 heavy (non-hydrogen) atoms. The molecular weight excluding hydrogens is 395 g/mol. The first-order valence-corrected chi connectivity index (χ1v) is 7.41. The highest BCUT2D eigenvalue weighted by Crippen LogP contribution is 2.27. The quantitative estimate of drug-likeness (QED) is 0.782.